The highest BCUT2D eigenvalue weighted by molar-refractivity contribution is 6.04. The third-order valence-electron chi connectivity index (χ3n) is 3.11. The first-order chi connectivity index (χ1) is 9.99. The molecule has 0 radical (unpaired) electrons. The van der Waals surface area contributed by atoms with Crippen LogP contribution in [0.25, 0.3) is 0 Å². The van der Waals surface area contributed by atoms with E-state index in [0.29, 0.717) is 11.5 Å². The van der Waals surface area contributed by atoms with Gasteiger partial charge in [0.2, 0.25) is 0 Å². The lowest BCUT2D eigenvalue weighted by atomic mass is 10.0. The number of nitrogens with one attached hydrogen (secondary N) is 1. The van der Waals surface area contributed by atoms with Gasteiger partial charge in [-0.3, -0.25) is 14.6 Å². The van der Waals surface area contributed by atoms with Gasteiger partial charge in [0.05, 0.1) is 5.56 Å². The number of hydrogen-bond donors (Lipinski definition) is 2. The van der Waals surface area contributed by atoms with Crippen LogP contribution in [0.2, 0.25) is 0 Å². The van der Waals surface area contributed by atoms with Crippen molar-refractivity contribution in [2.24, 2.45) is 5.73 Å². The number of hydrogen-bond acceptors (Lipinski definition) is 3. The lowest BCUT2D eigenvalue weighted by Crippen LogP contribution is -2.16. The van der Waals surface area contributed by atoms with Crippen molar-refractivity contribution in [2.75, 3.05) is 5.32 Å². The van der Waals surface area contributed by atoms with E-state index in [2.05, 4.69) is 24.1 Å². The standard InChI is InChI=1S/C16H17N3O2/c1-10(2)12-5-3-4-6-13(12)19-16(21)11-7-8-14(15(17)20)18-9-11/h3-10H,1-2H3,(H2,17,20)(H,19,21). The van der Waals surface area contributed by atoms with Crippen molar-refractivity contribution in [3.8, 4) is 0 Å². The normalized spacial score (nSPS) is 10.4. The zero-order chi connectivity index (χ0) is 15.4. The molecule has 0 saturated heterocycles. The van der Waals surface area contributed by atoms with Crippen molar-refractivity contribution in [1.29, 1.82) is 0 Å². The summed E-state index contributed by atoms with van der Waals surface area (Å²) < 4.78 is 0. The molecule has 0 fully saturated rings. The van der Waals surface area contributed by atoms with Gasteiger partial charge < -0.3 is 11.1 Å². The molecule has 108 valence electrons. The number of carbonyl (C=O) groups is 2. The maximum atomic E-state index is 12.2. The molecule has 2 amide bonds. The lowest BCUT2D eigenvalue weighted by molar-refractivity contribution is 0.0990. The Morgan fingerprint density at radius 3 is 2.43 bits per heavy atom. The summed E-state index contributed by atoms with van der Waals surface area (Å²) in [5, 5.41) is 2.86. The molecule has 0 bridgehead atoms. The van der Waals surface area contributed by atoms with Gasteiger partial charge in [0.1, 0.15) is 5.69 Å². The second-order valence-electron chi connectivity index (χ2n) is 4.99. The van der Waals surface area contributed by atoms with Crippen LogP contribution in [-0.4, -0.2) is 16.8 Å². The predicted octanol–water partition coefficient (Wildman–Crippen LogP) is 2.56. The van der Waals surface area contributed by atoms with Crippen LogP contribution in [0.15, 0.2) is 42.6 Å². The number of anilines is 1. The summed E-state index contributed by atoms with van der Waals surface area (Å²) in [4.78, 5) is 27.0. The van der Waals surface area contributed by atoms with Gasteiger partial charge in [0, 0.05) is 11.9 Å². The first kappa shape index (κ1) is 14.7. The predicted molar refractivity (Wildman–Crippen MR) is 81.2 cm³/mol. The van der Waals surface area contributed by atoms with Crippen LogP contribution in [0, 0.1) is 0 Å². The number of amides is 2. The number of pyridine rings is 1. The van der Waals surface area contributed by atoms with Crippen LogP contribution in [0.5, 0.6) is 0 Å². The van der Waals surface area contributed by atoms with E-state index in [-0.39, 0.29) is 11.6 Å². The minimum Gasteiger partial charge on any atom is -0.364 e. The molecule has 5 heteroatoms. The van der Waals surface area contributed by atoms with Crippen molar-refractivity contribution in [1.82, 2.24) is 4.98 Å². The van der Waals surface area contributed by atoms with Gasteiger partial charge in [-0.2, -0.15) is 0 Å². The molecule has 0 aliphatic rings. The van der Waals surface area contributed by atoms with E-state index >= 15 is 0 Å². The fourth-order valence-corrected chi connectivity index (χ4v) is 1.98. The molecule has 1 aromatic heterocycles. The Balaban J connectivity index is 2.20. The van der Waals surface area contributed by atoms with Crippen molar-refractivity contribution >= 4 is 17.5 Å². The maximum Gasteiger partial charge on any atom is 0.267 e. The summed E-state index contributed by atoms with van der Waals surface area (Å²) in [7, 11) is 0. The van der Waals surface area contributed by atoms with Gasteiger partial charge in [-0.1, -0.05) is 32.0 Å². The van der Waals surface area contributed by atoms with Crippen molar-refractivity contribution < 1.29 is 9.59 Å². The average Bonchev–Trinajstić information content (AvgIpc) is 2.47. The van der Waals surface area contributed by atoms with Crippen LogP contribution in [0.1, 0.15) is 46.2 Å². The van der Waals surface area contributed by atoms with E-state index in [0.717, 1.165) is 11.3 Å². The van der Waals surface area contributed by atoms with E-state index in [1.807, 2.05) is 24.3 Å². The number of nitrogens with two attached hydrogens (primary N) is 1. The number of rotatable bonds is 4. The Kier molecular flexibility index (Phi) is 4.33. The number of benzene rings is 1. The molecule has 0 aliphatic heterocycles. The van der Waals surface area contributed by atoms with Gasteiger partial charge >= 0.3 is 0 Å². The number of para-hydroxylation sites is 1. The zero-order valence-electron chi connectivity index (χ0n) is 12.0. The third-order valence-corrected chi connectivity index (χ3v) is 3.11. The molecule has 1 heterocycles. The van der Waals surface area contributed by atoms with E-state index in [1.165, 1.54) is 18.3 Å². The first-order valence-electron chi connectivity index (χ1n) is 6.65. The summed E-state index contributed by atoms with van der Waals surface area (Å²) in [6.07, 6.45) is 1.34. The quantitative estimate of drug-likeness (QED) is 0.904. The molecule has 0 unspecified atom stereocenters. The summed E-state index contributed by atoms with van der Waals surface area (Å²) in [6, 6.07) is 10.6. The molecule has 0 saturated carbocycles. The summed E-state index contributed by atoms with van der Waals surface area (Å²) in [6.45, 7) is 4.13. The molecule has 1 aromatic carbocycles. The number of nitrogens with zero attached hydrogens (tertiary/aromatic N) is 1. The molecule has 0 spiro atoms. The minimum atomic E-state index is -0.618. The monoisotopic (exact) mass is 283 g/mol. The van der Waals surface area contributed by atoms with Gasteiger partial charge in [-0.05, 0) is 29.7 Å². The van der Waals surface area contributed by atoms with E-state index in [4.69, 9.17) is 5.73 Å². The van der Waals surface area contributed by atoms with Crippen LogP contribution in [-0.2, 0) is 0 Å². The third kappa shape index (κ3) is 3.45. The molecule has 2 aromatic rings. The number of carbonyl (C=O) groups excluding carboxylic acids is 2. The average molecular weight is 283 g/mol. The molecular weight excluding hydrogens is 266 g/mol. The fraction of sp³-hybridized carbons (Fsp3) is 0.188. The summed E-state index contributed by atoms with van der Waals surface area (Å²) in [5.74, 6) is -0.587. The Labute approximate surface area is 123 Å². The van der Waals surface area contributed by atoms with Crippen molar-refractivity contribution in [2.45, 2.75) is 19.8 Å². The van der Waals surface area contributed by atoms with Gasteiger partial charge in [-0.25, -0.2) is 0 Å². The molecule has 21 heavy (non-hydrogen) atoms. The Morgan fingerprint density at radius 1 is 1.14 bits per heavy atom. The Hall–Kier alpha value is -2.69. The van der Waals surface area contributed by atoms with Gasteiger partial charge in [0.25, 0.3) is 11.8 Å². The van der Waals surface area contributed by atoms with Crippen LogP contribution >= 0.6 is 0 Å². The Bertz CT molecular complexity index is 663. The van der Waals surface area contributed by atoms with E-state index < -0.39 is 5.91 Å². The fourth-order valence-electron chi connectivity index (χ4n) is 1.98. The second kappa shape index (κ2) is 6.17. The first-order valence-corrected chi connectivity index (χ1v) is 6.65. The Morgan fingerprint density at radius 2 is 1.86 bits per heavy atom. The second-order valence-corrected chi connectivity index (χ2v) is 4.99. The summed E-state index contributed by atoms with van der Waals surface area (Å²) in [5.41, 5.74) is 7.46. The number of aromatic nitrogens is 1. The smallest absolute Gasteiger partial charge is 0.267 e. The molecule has 2 rings (SSSR count). The number of primary amides is 1. The lowest BCUT2D eigenvalue weighted by Gasteiger charge is -2.13. The molecular formula is C16H17N3O2. The van der Waals surface area contributed by atoms with Crippen LogP contribution in [0.4, 0.5) is 5.69 Å². The van der Waals surface area contributed by atoms with Crippen LogP contribution < -0.4 is 11.1 Å². The van der Waals surface area contributed by atoms with Crippen molar-refractivity contribution in [3.63, 3.8) is 0 Å². The highest BCUT2D eigenvalue weighted by Crippen LogP contribution is 2.24. The topological polar surface area (TPSA) is 85.1 Å². The zero-order valence-corrected chi connectivity index (χ0v) is 12.0. The highest BCUT2D eigenvalue weighted by Gasteiger charge is 2.12. The summed E-state index contributed by atoms with van der Waals surface area (Å²) >= 11 is 0. The highest BCUT2D eigenvalue weighted by atomic mass is 16.2. The molecule has 0 aliphatic carbocycles. The van der Waals surface area contributed by atoms with Gasteiger partial charge in [-0.15, -0.1) is 0 Å². The van der Waals surface area contributed by atoms with Gasteiger partial charge in [0.15, 0.2) is 0 Å². The maximum absolute atomic E-state index is 12.2. The van der Waals surface area contributed by atoms with E-state index in [1.54, 1.807) is 0 Å². The molecule has 5 nitrogen and oxygen atoms in total. The molecule has 0 atom stereocenters. The molecule has 3 N–H and O–H groups in total. The SMILES string of the molecule is CC(C)c1ccccc1NC(=O)c1ccc(C(N)=O)nc1. The van der Waals surface area contributed by atoms with E-state index in [9.17, 15) is 9.59 Å². The van der Waals surface area contributed by atoms with Crippen molar-refractivity contribution in [3.05, 3.63) is 59.4 Å². The van der Waals surface area contributed by atoms with Crippen LogP contribution in [0.3, 0.4) is 0 Å². The minimum absolute atomic E-state index is 0.133. The largest absolute Gasteiger partial charge is 0.364 e.